The summed E-state index contributed by atoms with van der Waals surface area (Å²) in [4.78, 5) is 3.01. The van der Waals surface area contributed by atoms with Crippen molar-refractivity contribution < 1.29 is 4.74 Å². The van der Waals surface area contributed by atoms with E-state index in [4.69, 9.17) is 4.74 Å². The Kier molecular flexibility index (Phi) is 4.61. The lowest BCUT2D eigenvalue weighted by Crippen LogP contribution is -2.23. The van der Waals surface area contributed by atoms with E-state index in [1.54, 1.807) is 17.6 Å². The van der Waals surface area contributed by atoms with Crippen LogP contribution in [0.2, 0.25) is 0 Å². The largest absolute Gasteiger partial charge is 0.496 e. The van der Waals surface area contributed by atoms with Gasteiger partial charge in [0, 0.05) is 15.3 Å². The molecular weight excluding hydrogens is 278 g/mol. The van der Waals surface area contributed by atoms with E-state index in [0.717, 1.165) is 18.7 Å². The topological polar surface area (TPSA) is 21.3 Å². The van der Waals surface area contributed by atoms with Crippen LogP contribution in [-0.2, 0) is 12.8 Å². The molecule has 0 fully saturated rings. The Labute approximate surface area is 131 Å². The van der Waals surface area contributed by atoms with Crippen molar-refractivity contribution in [2.75, 3.05) is 13.7 Å². The molecule has 0 bridgehead atoms. The number of thiophene rings is 1. The molecule has 1 aromatic carbocycles. The van der Waals surface area contributed by atoms with Gasteiger partial charge in [0.15, 0.2) is 0 Å². The SMILES string of the molecule is CCCNC(c1cc2c(s1)CCC2)c1ccccc1OC. The molecule has 1 unspecified atom stereocenters. The number of nitrogens with one attached hydrogen (secondary N) is 1. The quantitative estimate of drug-likeness (QED) is 0.857. The zero-order valence-electron chi connectivity index (χ0n) is 12.8. The van der Waals surface area contributed by atoms with Crippen LogP contribution >= 0.6 is 11.3 Å². The van der Waals surface area contributed by atoms with Crippen LogP contribution in [0, 0.1) is 0 Å². The summed E-state index contributed by atoms with van der Waals surface area (Å²) in [5, 5.41) is 3.70. The van der Waals surface area contributed by atoms with Crippen molar-refractivity contribution in [3.63, 3.8) is 0 Å². The third kappa shape index (κ3) is 2.99. The highest BCUT2D eigenvalue weighted by Gasteiger charge is 2.23. The van der Waals surface area contributed by atoms with Gasteiger partial charge in [0.2, 0.25) is 0 Å². The van der Waals surface area contributed by atoms with E-state index in [-0.39, 0.29) is 6.04 Å². The molecule has 0 saturated heterocycles. The number of fused-ring (bicyclic) bond motifs is 1. The Hall–Kier alpha value is -1.32. The molecule has 3 heteroatoms. The van der Waals surface area contributed by atoms with Gasteiger partial charge in [-0.15, -0.1) is 11.3 Å². The third-order valence-electron chi connectivity index (χ3n) is 4.10. The zero-order chi connectivity index (χ0) is 14.7. The van der Waals surface area contributed by atoms with E-state index in [2.05, 4.69) is 36.5 Å². The molecule has 1 aliphatic carbocycles. The van der Waals surface area contributed by atoms with Crippen LogP contribution in [0.25, 0.3) is 0 Å². The highest BCUT2D eigenvalue weighted by atomic mass is 32.1. The van der Waals surface area contributed by atoms with Gasteiger partial charge in [0.25, 0.3) is 0 Å². The van der Waals surface area contributed by atoms with Crippen LogP contribution in [0.5, 0.6) is 5.75 Å². The number of methoxy groups -OCH3 is 1. The minimum absolute atomic E-state index is 0.247. The molecule has 3 rings (SSSR count). The van der Waals surface area contributed by atoms with Gasteiger partial charge < -0.3 is 10.1 Å². The lowest BCUT2D eigenvalue weighted by atomic mass is 10.0. The second-order valence-electron chi connectivity index (χ2n) is 5.58. The highest BCUT2D eigenvalue weighted by molar-refractivity contribution is 7.12. The molecule has 1 aliphatic rings. The van der Waals surface area contributed by atoms with Crippen molar-refractivity contribution in [1.29, 1.82) is 0 Å². The Morgan fingerprint density at radius 3 is 2.90 bits per heavy atom. The van der Waals surface area contributed by atoms with Crippen LogP contribution in [0.1, 0.15) is 46.7 Å². The van der Waals surface area contributed by atoms with Gasteiger partial charge in [-0.2, -0.15) is 0 Å². The zero-order valence-corrected chi connectivity index (χ0v) is 13.6. The van der Waals surface area contributed by atoms with Gasteiger partial charge in [-0.25, -0.2) is 0 Å². The number of para-hydroxylation sites is 1. The predicted molar refractivity (Wildman–Crippen MR) is 89.5 cm³/mol. The monoisotopic (exact) mass is 301 g/mol. The molecule has 0 spiro atoms. The summed E-state index contributed by atoms with van der Waals surface area (Å²) in [6, 6.07) is 11.0. The Balaban J connectivity index is 1.96. The molecule has 21 heavy (non-hydrogen) atoms. The average molecular weight is 301 g/mol. The van der Waals surface area contributed by atoms with Gasteiger partial charge >= 0.3 is 0 Å². The summed E-state index contributed by atoms with van der Waals surface area (Å²) in [6.45, 7) is 3.23. The van der Waals surface area contributed by atoms with Crippen LogP contribution in [0.15, 0.2) is 30.3 Å². The van der Waals surface area contributed by atoms with E-state index in [1.165, 1.54) is 29.7 Å². The fraction of sp³-hybridized carbons (Fsp3) is 0.444. The first-order valence-corrected chi connectivity index (χ1v) is 8.63. The first-order valence-electron chi connectivity index (χ1n) is 7.81. The Morgan fingerprint density at radius 1 is 1.29 bits per heavy atom. The molecular formula is C18H23NOS. The van der Waals surface area contributed by atoms with Crippen molar-refractivity contribution in [2.24, 2.45) is 0 Å². The molecule has 0 radical (unpaired) electrons. The van der Waals surface area contributed by atoms with Crippen molar-refractivity contribution >= 4 is 11.3 Å². The maximum Gasteiger partial charge on any atom is 0.124 e. The van der Waals surface area contributed by atoms with E-state index >= 15 is 0 Å². The normalized spacial score (nSPS) is 15.0. The van der Waals surface area contributed by atoms with Crippen molar-refractivity contribution in [2.45, 2.75) is 38.6 Å². The maximum atomic E-state index is 5.57. The lowest BCUT2D eigenvalue weighted by molar-refractivity contribution is 0.404. The Morgan fingerprint density at radius 2 is 2.14 bits per heavy atom. The van der Waals surface area contributed by atoms with Crippen LogP contribution in [0.3, 0.4) is 0 Å². The second-order valence-corrected chi connectivity index (χ2v) is 6.75. The van der Waals surface area contributed by atoms with Crippen LogP contribution < -0.4 is 10.1 Å². The average Bonchev–Trinajstić information content (AvgIpc) is 3.09. The van der Waals surface area contributed by atoms with Gasteiger partial charge in [0.1, 0.15) is 5.75 Å². The summed E-state index contributed by atoms with van der Waals surface area (Å²) in [5.41, 5.74) is 2.81. The summed E-state index contributed by atoms with van der Waals surface area (Å²) < 4.78 is 5.57. The van der Waals surface area contributed by atoms with E-state index < -0.39 is 0 Å². The smallest absolute Gasteiger partial charge is 0.124 e. The van der Waals surface area contributed by atoms with Crippen molar-refractivity contribution in [3.05, 3.63) is 51.2 Å². The predicted octanol–water partition coefficient (Wildman–Crippen LogP) is 4.33. The molecule has 1 aromatic heterocycles. The van der Waals surface area contributed by atoms with Gasteiger partial charge in [-0.05, 0) is 49.9 Å². The third-order valence-corrected chi connectivity index (χ3v) is 5.40. The highest BCUT2D eigenvalue weighted by Crippen LogP contribution is 2.38. The summed E-state index contributed by atoms with van der Waals surface area (Å²) in [6.07, 6.45) is 4.96. The van der Waals surface area contributed by atoms with Gasteiger partial charge in [-0.3, -0.25) is 0 Å². The molecule has 0 amide bonds. The molecule has 1 heterocycles. The minimum atomic E-state index is 0.247. The number of rotatable bonds is 6. The van der Waals surface area contributed by atoms with E-state index in [9.17, 15) is 0 Å². The van der Waals surface area contributed by atoms with Crippen molar-refractivity contribution in [1.82, 2.24) is 5.32 Å². The first kappa shape index (κ1) is 14.6. The molecule has 2 nitrogen and oxygen atoms in total. The number of aryl methyl sites for hydroxylation is 2. The summed E-state index contributed by atoms with van der Waals surface area (Å²) >= 11 is 1.98. The number of ether oxygens (including phenoxy) is 1. The number of hydrogen-bond donors (Lipinski definition) is 1. The van der Waals surface area contributed by atoms with E-state index in [1.807, 2.05) is 17.4 Å². The standard InChI is InChI=1S/C18H23NOS/c1-3-11-19-18(14-8-4-5-9-15(14)20-2)17-12-13-7-6-10-16(13)21-17/h4-5,8-9,12,18-19H,3,6-7,10-11H2,1-2H3. The molecule has 1 atom stereocenters. The first-order chi connectivity index (χ1) is 10.3. The lowest BCUT2D eigenvalue weighted by Gasteiger charge is -2.20. The van der Waals surface area contributed by atoms with Gasteiger partial charge in [-0.1, -0.05) is 25.1 Å². The number of hydrogen-bond acceptors (Lipinski definition) is 3. The minimum Gasteiger partial charge on any atom is -0.496 e. The fourth-order valence-corrected chi connectivity index (χ4v) is 4.40. The fourth-order valence-electron chi connectivity index (χ4n) is 3.05. The van der Waals surface area contributed by atoms with E-state index in [0.29, 0.717) is 0 Å². The second kappa shape index (κ2) is 6.63. The number of benzene rings is 1. The molecule has 112 valence electrons. The molecule has 2 aromatic rings. The maximum absolute atomic E-state index is 5.57. The Bertz CT molecular complexity index is 584. The molecule has 0 saturated carbocycles. The summed E-state index contributed by atoms with van der Waals surface area (Å²) in [7, 11) is 1.75. The molecule has 1 N–H and O–H groups in total. The van der Waals surface area contributed by atoms with Crippen LogP contribution in [-0.4, -0.2) is 13.7 Å². The van der Waals surface area contributed by atoms with Gasteiger partial charge in [0.05, 0.1) is 13.2 Å². The molecule has 0 aliphatic heterocycles. The van der Waals surface area contributed by atoms with Crippen molar-refractivity contribution in [3.8, 4) is 5.75 Å². The summed E-state index contributed by atoms with van der Waals surface area (Å²) in [5.74, 6) is 0.972. The van der Waals surface area contributed by atoms with Crippen LogP contribution in [0.4, 0.5) is 0 Å².